The summed E-state index contributed by atoms with van der Waals surface area (Å²) in [5, 5.41) is 0. The molecule has 3 fully saturated rings. The Labute approximate surface area is 168 Å². The van der Waals surface area contributed by atoms with Crippen molar-refractivity contribution in [2.24, 2.45) is 23.2 Å². The van der Waals surface area contributed by atoms with Gasteiger partial charge in [0.1, 0.15) is 6.10 Å². The number of hydrogen-bond donors (Lipinski definition) is 0. The van der Waals surface area contributed by atoms with Gasteiger partial charge in [-0.05, 0) is 70.8 Å². The normalized spacial score (nSPS) is 38.6. The highest BCUT2D eigenvalue weighted by atomic mass is 16.6. The van der Waals surface area contributed by atoms with Gasteiger partial charge in [-0.15, -0.1) is 0 Å². The molecule has 1 saturated carbocycles. The van der Waals surface area contributed by atoms with E-state index in [1.54, 1.807) is 11.1 Å². The number of fused-ring (bicyclic) bond motifs is 2. The van der Waals surface area contributed by atoms with Crippen molar-refractivity contribution in [2.45, 2.75) is 71.8 Å². The zero-order valence-electron chi connectivity index (χ0n) is 17.7. The molecule has 4 rings (SSSR count). The van der Waals surface area contributed by atoms with Gasteiger partial charge in [0.2, 0.25) is 0 Å². The van der Waals surface area contributed by atoms with Crippen LogP contribution in [0.25, 0.3) is 0 Å². The van der Waals surface area contributed by atoms with Crippen LogP contribution in [-0.2, 0) is 19.1 Å². The van der Waals surface area contributed by atoms with Gasteiger partial charge in [0.15, 0.2) is 0 Å². The number of piperidine rings is 1. The summed E-state index contributed by atoms with van der Waals surface area (Å²) in [6, 6.07) is 0. The fourth-order valence-corrected chi connectivity index (χ4v) is 6.27. The lowest BCUT2D eigenvalue weighted by Crippen LogP contribution is -2.45. The van der Waals surface area contributed by atoms with Gasteiger partial charge in [0.25, 0.3) is 0 Å². The molecule has 5 nitrogen and oxygen atoms in total. The highest BCUT2D eigenvalue weighted by Crippen LogP contribution is 2.55. The highest BCUT2D eigenvalue weighted by Gasteiger charge is 2.53. The van der Waals surface area contributed by atoms with E-state index in [-0.39, 0.29) is 35.3 Å². The maximum absolute atomic E-state index is 12.8. The van der Waals surface area contributed by atoms with E-state index >= 15 is 0 Å². The van der Waals surface area contributed by atoms with Crippen LogP contribution in [0.5, 0.6) is 0 Å². The van der Waals surface area contributed by atoms with Gasteiger partial charge in [-0.1, -0.05) is 18.1 Å². The van der Waals surface area contributed by atoms with E-state index in [1.807, 2.05) is 6.92 Å². The topological polar surface area (TPSA) is 55.8 Å². The molecule has 0 aromatic heterocycles. The second-order valence-corrected chi connectivity index (χ2v) is 9.68. The number of carbonyl (C=O) groups is 2. The minimum Gasteiger partial charge on any atom is -0.466 e. The Kier molecular flexibility index (Phi) is 5.56. The maximum Gasteiger partial charge on any atom is 0.310 e. The largest absolute Gasteiger partial charge is 0.466 e. The van der Waals surface area contributed by atoms with Crippen molar-refractivity contribution in [3.8, 4) is 0 Å². The lowest BCUT2D eigenvalue weighted by molar-refractivity contribution is -0.150. The number of carbonyl (C=O) groups excluding carboxylic acids is 2. The van der Waals surface area contributed by atoms with Crippen molar-refractivity contribution >= 4 is 11.9 Å². The molecule has 0 aromatic carbocycles. The Hall–Kier alpha value is -1.36. The van der Waals surface area contributed by atoms with Crippen LogP contribution in [0.4, 0.5) is 0 Å². The summed E-state index contributed by atoms with van der Waals surface area (Å²) >= 11 is 0. The van der Waals surface area contributed by atoms with Crippen molar-refractivity contribution in [2.75, 3.05) is 26.2 Å². The molecule has 2 heterocycles. The van der Waals surface area contributed by atoms with Gasteiger partial charge in [-0.2, -0.15) is 0 Å². The van der Waals surface area contributed by atoms with Crippen molar-refractivity contribution in [3.05, 3.63) is 11.1 Å². The number of hydrogen-bond acceptors (Lipinski definition) is 5. The molecule has 2 aliphatic carbocycles. The van der Waals surface area contributed by atoms with E-state index in [0.717, 1.165) is 38.8 Å². The first-order chi connectivity index (χ1) is 13.4. The molecule has 4 aliphatic rings. The average molecular weight is 390 g/mol. The summed E-state index contributed by atoms with van der Waals surface area (Å²) in [6.45, 7) is 9.33. The summed E-state index contributed by atoms with van der Waals surface area (Å²) in [6.07, 6.45) is 7.62. The summed E-state index contributed by atoms with van der Waals surface area (Å²) in [5.41, 5.74) is 3.37. The van der Waals surface area contributed by atoms with E-state index in [2.05, 4.69) is 18.7 Å². The first kappa shape index (κ1) is 19.9. The summed E-state index contributed by atoms with van der Waals surface area (Å²) in [7, 11) is 0. The van der Waals surface area contributed by atoms with E-state index < -0.39 is 0 Å². The van der Waals surface area contributed by atoms with Crippen LogP contribution in [0.1, 0.15) is 65.7 Å². The number of allylic oxidation sites excluding steroid dienone is 2. The summed E-state index contributed by atoms with van der Waals surface area (Å²) in [5.74, 6) is 0.0773. The fourth-order valence-electron chi connectivity index (χ4n) is 6.27. The first-order valence-electron chi connectivity index (χ1n) is 11.2. The number of esters is 2. The fraction of sp³-hybridized carbons (Fsp3) is 0.826. The van der Waals surface area contributed by atoms with Crippen LogP contribution in [0.15, 0.2) is 11.1 Å². The van der Waals surface area contributed by atoms with Crippen LogP contribution >= 0.6 is 0 Å². The molecule has 0 radical (unpaired) electrons. The van der Waals surface area contributed by atoms with Gasteiger partial charge < -0.3 is 14.4 Å². The summed E-state index contributed by atoms with van der Waals surface area (Å²) in [4.78, 5) is 27.2. The molecule has 5 heteroatoms. The van der Waals surface area contributed by atoms with Crippen LogP contribution < -0.4 is 0 Å². The average Bonchev–Trinajstić information content (AvgIpc) is 2.94. The molecule has 5 atom stereocenters. The van der Waals surface area contributed by atoms with Crippen molar-refractivity contribution in [1.82, 2.24) is 4.90 Å². The smallest absolute Gasteiger partial charge is 0.310 e. The molecule has 0 bridgehead atoms. The molecule has 28 heavy (non-hydrogen) atoms. The molecular formula is C23H35NO4. The van der Waals surface area contributed by atoms with Gasteiger partial charge in [-0.25, -0.2) is 0 Å². The second-order valence-electron chi connectivity index (χ2n) is 9.68. The first-order valence-corrected chi connectivity index (χ1v) is 11.2. The monoisotopic (exact) mass is 389 g/mol. The van der Waals surface area contributed by atoms with Gasteiger partial charge in [-0.3, -0.25) is 9.59 Å². The molecule has 0 amide bonds. The molecule has 0 unspecified atom stereocenters. The minimum absolute atomic E-state index is 0.0197. The number of ether oxygens (including phenoxy) is 2. The molecule has 2 saturated heterocycles. The second kappa shape index (κ2) is 7.81. The Bertz CT molecular complexity index is 672. The molecule has 0 spiro atoms. The maximum atomic E-state index is 12.8. The number of rotatable bonds is 4. The minimum atomic E-state index is -0.0875. The van der Waals surface area contributed by atoms with E-state index in [4.69, 9.17) is 9.47 Å². The van der Waals surface area contributed by atoms with Crippen molar-refractivity contribution < 1.29 is 19.1 Å². The summed E-state index contributed by atoms with van der Waals surface area (Å²) < 4.78 is 11.1. The Morgan fingerprint density at radius 3 is 2.96 bits per heavy atom. The van der Waals surface area contributed by atoms with Crippen molar-refractivity contribution in [1.29, 1.82) is 0 Å². The SMILES string of the molecule is CCOC(=O)[C@@H]1CCCN(C[C@H]2C(=O)O[C@@H]3C[C@@]4(C)CCCC(C)=C4C[C@@H]32)C1. The Balaban J connectivity index is 1.45. The van der Waals surface area contributed by atoms with Gasteiger partial charge in [0.05, 0.1) is 18.4 Å². The van der Waals surface area contributed by atoms with Crippen LogP contribution in [0.2, 0.25) is 0 Å². The standard InChI is InChI=1S/C23H35NO4/c1-4-27-21(25)16-8-6-10-24(13-16)14-18-17-11-19-15(2)7-5-9-23(19,3)12-20(17)28-22(18)26/h16-18,20H,4-14H2,1-3H3/t16-,17-,18-,20-,23-/m1/s1. The van der Waals surface area contributed by atoms with Crippen LogP contribution in [0.3, 0.4) is 0 Å². The van der Waals surface area contributed by atoms with E-state index in [0.29, 0.717) is 19.1 Å². The zero-order valence-corrected chi connectivity index (χ0v) is 17.7. The molecule has 0 N–H and O–H groups in total. The third-order valence-corrected chi connectivity index (χ3v) is 7.76. The third kappa shape index (κ3) is 3.62. The van der Waals surface area contributed by atoms with Crippen LogP contribution in [0, 0.1) is 23.2 Å². The number of nitrogens with zero attached hydrogens (tertiary/aromatic N) is 1. The lowest BCUT2D eigenvalue weighted by atomic mass is 9.59. The predicted molar refractivity (Wildman–Crippen MR) is 107 cm³/mol. The Morgan fingerprint density at radius 2 is 2.18 bits per heavy atom. The van der Waals surface area contributed by atoms with Gasteiger partial charge in [0, 0.05) is 19.0 Å². The molecular weight excluding hydrogens is 354 g/mol. The molecule has 156 valence electrons. The van der Waals surface area contributed by atoms with Gasteiger partial charge >= 0.3 is 11.9 Å². The quantitative estimate of drug-likeness (QED) is 0.542. The lowest BCUT2D eigenvalue weighted by Gasteiger charge is -2.46. The van der Waals surface area contributed by atoms with E-state index in [1.165, 1.54) is 19.3 Å². The van der Waals surface area contributed by atoms with Crippen LogP contribution in [-0.4, -0.2) is 49.2 Å². The molecule has 0 aromatic rings. The highest BCUT2D eigenvalue weighted by molar-refractivity contribution is 5.76. The predicted octanol–water partition coefficient (Wildman–Crippen LogP) is 3.72. The van der Waals surface area contributed by atoms with Crippen molar-refractivity contribution in [3.63, 3.8) is 0 Å². The third-order valence-electron chi connectivity index (χ3n) is 7.76. The number of likely N-dealkylation sites (tertiary alicyclic amines) is 1. The van der Waals surface area contributed by atoms with E-state index in [9.17, 15) is 9.59 Å². The zero-order chi connectivity index (χ0) is 19.9. The Morgan fingerprint density at radius 1 is 1.36 bits per heavy atom. The molecule has 2 aliphatic heterocycles.